The van der Waals surface area contributed by atoms with Crippen molar-refractivity contribution in [3.63, 3.8) is 0 Å². The van der Waals surface area contributed by atoms with Crippen LogP contribution in [0.5, 0.6) is 0 Å². The third-order valence-corrected chi connectivity index (χ3v) is 3.07. The smallest absolute Gasteiger partial charge is 0.250 e. The average molecular weight is 258 g/mol. The van der Waals surface area contributed by atoms with Crippen LogP contribution in [0, 0.1) is 0 Å². The molecule has 1 N–H and O–H groups in total. The zero-order chi connectivity index (χ0) is 13.8. The molecule has 100 valence electrons. The van der Waals surface area contributed by atoms with Gasteiger partial charge in [0.15, 0.2) is 0 Å². The standard InChI is InChI=1S/C15H18N2O2/c1-11(2)10-17-9-8-13(18)16-14(15(17)19)12-6-4-3-5-7-12/h3-7,14H,1,8-10H2,2H3,(H,16,18). The van der Waals surface area contributed by atoms with Gasteiger partial charge in [0.05, 0.1) is 0 Å². The third kappa shape index (κ3) is 3.22. The third-order valence-electron chi connectivity index (χ3n) is 3.07. The monoisotopic (exact) mass is 258 g/mol. The van der Waals surface area contributed by atoms with E-state index in [9.17, 15) is 9.59 Å². The fourth-order valence-electron chi connectivity index (χ4n) is 2.18. The molecule has 0 aliphatic carbocycles. The van der Waals surface area contributed by atoms with Crippen molar-refractivity contribution in [1.29, 1.82) is 0 Å². The van der Waals surface area contributed by atoms with Gasteiger partial charge in [0.1, 0.15) is 6.04 Å². The van der Waals surface area contributed by atoms with Crippen molar-refractivity contribution < 1.29 is 9.59 Å². The van der Waals surface area contributed by atoms with Crippen molar-refractivity contribution in [2.45, 2.75) is 19.4 Å². The average Bonchev–Trinajstić information content (AvgIpc) is 2.52. The molecule has 1 aromatic rings. The quantitative estimate of drug-likeness (QED) is 0.838. The summed E-state index contributed by atoms with van der Waals surface area (Å²) in [4.78, 5) is 25.9. The van der Waals surface area contributed by atoms with Crippen LogP contribution in [0.4, 0.5) is 0 Å². The second kappa shape index (κ2) is 5.69. The lowest BCUT2D eigenvalue weighted by Crippen LogP contribution is -2.39. The molecule has 1 aliphatic heterocycles. The van der Waals surface area contributed by atoms with E-state index in [1.165, 1.54) is 0 Å². The summed E-state index contributed by atoms with van der Waals surface area (Å²) in [6, 6.07) is 8.74. The molecule has 0 aromatic heterocycles. The summed E-state index contributed by atoms with van der Waals surface area (Å²) in [5, 5.41) is 2.79. The minimum absolute atomic E-state index is 0.0694. The Balaban J connectivity index is 2.27. The van der Waals surface area contributed by atoms with E-state index in [0.717, 1.165) is 11.1 Å². The summed E-state index contributed by atoms with van der Waals surface area (Å²) < 4.78 is 0. The maximum absolute atomic E-state index is 12.5. The van der Waals surface area contributed by atoms with Crippen molar-refractivity contribution in [3.05, 3.63) is 48.0 Å². The topological polar surface area (TPSA) is 49.4 Å². The number of hydrogen-bond acceptors (Lipinski definition) is 2. The maximum atomic E-state index is 12.5. The summed E-state index contributed by atoms with van der Waals surface area (Å²) in [5.41, 5.74) is 1.73. The van der Waals surface area contributed by atoms with E-state index in [-0.39, 0.29) is 11.8 Å². The van der Waals surface area contributed by atoms with E-state index in [1.54, 1.807) is 4.90 Å². The molecule has 0 bridgehead atoms. The molecule has 19 heavy (non-hydrogen) atoms. The van der Waals surface area contributed by atoms with Crippen LogP contribution in [0.3, 0.4) is 0 Å². The highest BCUT2D eigenvalue weighted by Gasteiger charge is 2.30. The first kappa shape index (κ1) is 13.3. The van der Waals surface area contributed by atoms with Crippen LogP contribution in [0.1, 0.15) is 24.9 Å². The van der Waals surface area contributed by atoms with E-state index < -0.39 is 6.04 Å². The number of hydrogen-bond donors (Lipinski definition) is 1. The first-order chi connectivity index (χ1) is 9.08. The number of nitrogens with zero attached hydrogens (tertiary/aromatic N) is 1. The van der Waals surface area contributed by atoms with Crippen LogP contribution in [0.25, 0.3) is 0 Å². The van der Waals surface area contributed by atoms with Crippen LogP contribution in [-0.4, -0.2) is 29.8 Å². The van der Waals surface area contributed by atoms with Gasteiger partial charge in [-0.15, -0.1) is 0 Å². The van der Waals surface area contributed by atoms with Crippen LogP contribution < -0.4 is 5.32 Å². The fourth-order valence-corrected chi connectivity index (χ4v) is 2.18. The molecule has 2 rings (SSSR count). The van der Waals surface area contributed by atoms with Crippen LogP contribution >= 0.6 is 0 Å². The van der Waals surface area contributed by atoms with E-state index in [2.05, 4.69) is 11.9 Å². The van der Waals surface area contributed by atoms with Gasteiger partial charge < -0.3 is 10.2 Å². The first-order valence-corrected chi connectivity index (χ1v) is 6.35. The summed E-state index contributed by atoms with van der Waals surface area (Å²) in [6.07, 6.45) is 0.336. The molecule has 4 heteroatoms. The minimum Gasteiger partial charge on any atom is -0.340 e. The zero-order valence-electron chi connectivity index (χ0n) is 11.1. The van der Waals surface area contributed by atoms with Gasteiger partial charge >= 0.3 is 0 Å². The van der Waals surface area contributed by atoms with Gasteiger partial charge in [0.2, 0.25) is 11.8 Å². The molecule has 0 radical (unpaired) electrons. The van der Waals surface area contributed by atoms with Gasteiger partial charge in [-0.2, -0.15) is 0 Å². The lowest BCUT2D eigenvalue weighted by Gasteiger charge is -2.24. The van der Waals surface area contributed by atoms with Crippen molar-refractivity contribution in [3.8, 4) is 0 Å². The highest BCUT2D eigenvalue weighted by Crippen LogP contribution is 2.19. The van der Waals surface area contributed by atoms with Gasteiger partial charge in [-0.25, -0.2) is 0 Å². The van der Waals surface area contributed by atoms with Crippen molar-refractivity contribution in [1.82, 2.24) is 10.2 Å². The number of rotatable bonds is 3. The van der Waals surface area contributed by atoms with E-state index in [4.69, 9.17) is 0 Å². The summed E-state index contributed by atoms with van der Waals surface area (Å²) >= 11 is 0. The lowest BCUT2D eigenvalue weighted by molar-refractivity contribution is -0.133. The van der Waals surface area contributed by atoms with Crippen molar-refractivity contribution in [2.24, 2.45) is 0 Å². The van der Waals surface area contributed by atoms with Crippen LogP contribution in [0.2, 0.25) is 0 Å². The van der Waals surface area contributed by atoms with Gasteiger partial charge in [0.25, 0.3) is 0 Å². The highest BCUT2D eigenvalue weighted by molar-refractivity contribution is 5.91. The van der Waals surface area contributed by atoms with Crippen molar-refractivity contribution in [2.75, 3.05) is 13.1 Å². The molecule has 2 amide bonds. The summed E-state index contributed by atoms with van der Waals surface area (Å²) in [5.74, 6) is -0.161. The normalized spacial score (nSPS) is 19.8. The number of carbonyl (C=O) groups is 2. The van der Waals surface area contributed by atoms with Crippen LogP contribution in [0.15, 0.2) is 42.5 Å². The highest BCUT2D eigenvalue weighted by atomic mass is 16.2. The Morgan fingerprint density at radius 1 is 1.37 bits per heavy atom. The molecular weight excluding hydrogens is 240 g/mol. The number of benzene rings is 1. The predicted octanol–water partition coefficient (Wildman–Crippen LogP) is 1.65. The second-order valence-electron chi connectivity index (χ2n) is 4.88. The molecule has 1 heterocycles. The molecule has 1 aliphatic rings. The van der Waals surface area contributed by atoms with E-state index in [1.807, 2.05) is 37.3 Å². The molecule has 1 saturated heterocycles. The summed E-state index contributed by atoms with van der Waals surface area (Å²) in [7, 11) is 0. The number of amides is 2. The summed E-state index contributed by atoms with van der Waals surface area (Å²) in [6.45, 7) is 6.65. The Morgan fingerprint density at radius 2 is 2.05 bits per heavy atom. The largest absolute Gasteiger partial charge is 0.340 e. The fraction of sp³-hybridized carbons (Fsp3) is 0.333. The molecule has 1 unspecified atom stereocenters. The first-order valence-electron chi connectivity index (χ1n) is 6.35. The Kier molecular flexibility index (Phi) is 4.00. The molecule has 0 spiro atoms. The number of nitrogens with one attached hydrogen (secondary N) is 1. The molecule has 1 aromatic carbocycles. The van der Waals surface area contributed by atoms with E-state index >= 15 is 0 Å². The Bertz CT molecular complexity index is 496. The molecule has 0 saturated carbocycles. The van der Waals surface area contributed by atoms with Crippen LogP contribution in [-0.2, 0) is 9.59 Å². The van der Waals surface area contributed by atoms with Gasteiger partial charge in [-0.3, -0.25) is 9.59 Å². The SMILES string of the molecule is C=C(C)CN1CCC(=O)NC(c2ccccc2)C1=O. The molecular formula is C15H18N2O2. The zero-order valence-corrected chi connectivity index (χ0v) is 11.1. The number of carbonyl (C=O) groups excluding carboxylic acids is 2. The van der Waals surface area contributed by atoms with Gasteiger partial charge in [0, 0.05) is 19.5 Å². The Labute approximate surface area is 113 Å². The second-order valence-corrected chi connectivity index (χ2v) is 4.88. The van der Waals surface area contributed by atoms with Crippen molar-refractivity contribution >= 4 is 11.8 Å². The molecule has 1 atom stereocenters. The molecule has 1 fully saturated rings. The minimum atomic E-state index is -0.587. The molecule has 4 nitrogen and oxygen atoms in total. The predicted molar refractivity (Wildman–Crippen MR) is 73.3 cm³/mol. The Morgan fingerprint density at radius 3 is 2.68 bits per heavy atom. The maximum Gasteiger partial charge on any atom is 0.250 e. The van der Waals surface area contributed by atoms with Gasteiger partial charge in [-0.1, -0.05) is 42.5 Å². The van der Waals surface area contributed by atoms with Gasteiger partial charge in [-0.05, 0) is 12.5 Å². The van der Waals surface area contributed by atoms with E-state index in [0.29, 0.717) is 19.5 Å². The lowest BCUT2D eigenvalue weighted by atomic mass is 10.1. The Hall–Kier alpha value is -2.10.